The van der Waals surface area contributed by atoms with Gasteiger partial charge < -0.3 is 9.42 Å². The smallest absolute Gasteiger partial charge is 0.235 e. The summed E-state index contributed by atoms with van der Waals surface area (Å²) in [7, 11) is 0. The molecule has 2 aliphatic carbocycles. The Morgan fingerprint density at radius 3 is 2.79 bits per heavy atom. The van der Waals surface area contributed by atoms with Crippen LogP contribution in [0.4, 0.5) is 0 Å². The third-order valence-electron chi connectivity index (χ3n) is 7.35. The fourth-order valence-electron chi connectivity index (χ4n) is 5.74. The lowest BCUT2D eigenvalue weighted by molar-refractivity contribution is -0.130. The summed E-state index contributed by atoms with van der Waals surface area (Å²) < 4.78 is 5.78. The molecule has 1 aromatic carbocycles. The number of nitrogens with zero attached hydrogens (tertiary/aromatic N) is 3. The molecule has 28 heavy (non-hydrogen) atoms. The lowest BCUT2D eigenvalue weighted by Crippen LogP contribution is -2.35. The van der Waals surface area contributed by atoms with E-state index in [-0.39, 0.29) is 5.41 Å². The van der Waals surface area contributed by atoms with Crippen LogP contribution < -0.4 is 0 Å². The molecule has 148 valence electrons. The van der Waals surface area contributed by atoms with E-state index in [1.54, 1.807) is 0 Å². The third-order valence-corrected chi connectivity index (χ3v) is 7.35. The lowest BCUT2D eigenvalue weighted by atomic mass is 9.80. The van der Waals surface area contributed by atoms with Crippen molar-refractivity contribution >= 4 is 5.91 Å². The van der Waals surface area contributed by atoms with Gasteiger partial charge in [0.05, 0.1) is 5.41 Å². The molecule has 0 radical (unpaired) electrons. The van der Waals surface area contributed by atoms with Gasteiger partial charge in [0.25, 0.3) is 0 Å². The minimum Gasteiger partial charge on any atom is -0.341 e. The van der Waals surface area contributed by atoms with Gasteiger partial charge in [-0.1, -0.05) is 67.6 Å². The van der Waals surface area contributed by atoms with Crippen LogP contribution in [-0.4, -0.2) is 34.0 Å². The second-order valence-corrected chi connectivity index (χ2v) is 9.00. The molecule has 2 saturated carbocycles. The molecule has 1 aromatic heterocycles. The minimum atomic E-state index is -0.136. The maximum atomic E-state index is 12.9. The van der Waals surface area contributed by atoms with Gasteiger partial charge in [-0.3, -0.25) is 4.79 Å². The molecule has 1 saturated heterocycles. The Hall–Kier alpha value is -2.17. The highest BCUT2D eigenvalue weighted by molar-refractivity contribution is 5.77. The average molecular weight is 380 g/mol. The largest absolute Gasteiger partial charge is 0.341 e. The quantitative estimate of drug-likeness (QED) is 0.762. The van der Waals surface area contributed by atoms with Gasteiger partial charge in [-0.15, -0.1) is 0 Å². The number of benzene rings is 1. The molecule has 0 N–H and O–H groups in total. The fraction of sp³-hybridized carbons (Fsp3) is 0.609. The van der Waals surface area contributed by atoms with Crippen molar-refractivity contribution in [2.24, 2.45) is 11.8 Å². The first-order valence-electron chi connectivity index (χ1n) is 10.9. The Morgan fingerprint density at radius 2 is 1.96 bits per heavy atom. The molecule has 0 bridgehead atoms. The molecule has 2 atom stereocenters. The van der Waals surface area contributed by atoms with E-state index in [0.717, 1.165) is 49.7 Å². The van der Waals surface area contributed by atoms with E-state index in [4.69, 9.17) is 9.51 Å². The van der Waals surface area contributed by atoms with Gasteiger partial charge in [-0.05, 0) is 31.1 Å². The number of carbonyl (C=O) groups is 1. The summed E-state index contributed by atoms with van der Waals surface area (Å²) in [5, 5.41) is 4.26. The molecule has 1 aliphatic heterocycles. The summed E-state index contributed by atoms with van der Waals surface area (Å²) in [4.78, 5) is 19.8. The molecular weight excluding hydrogens is 350 g/mol. The topological polar surface area (TPSA) is 59.2 Å². The van der Waals surface area contributed by atoms with Gasteiger partial charge >= 0.3 is 0 Å². The summed E-state index contributed by atoms with van der Waals surface area (Å²) >= 11 is 0. The average Bonchev–Trinajstić information content (AvgIpc) is 3.50. The van der Waals surface area contributed by atoms with E-state index in [2.05, 4.69) is 10.1 Å². The van der Waals surface area contributed by atoms with Gasteiger partial charge in [0, 0.05) is 25.1 Å². The zero-order valence-electron chi connectivity index (χ0n) is 16.5. The van der Waals surface area contributed by atoms with Crippen molar-refractivity contribution in [1.29, 1.82) is 0 Å². The molecule has 0 unspecified atom stereocenters. The van der Waals surface area contributed by atoms with Crippen molar-refractivity contribution in [3.05, 3.63) is 36.2 Å². The SMILES string of the molecule is O=C(CCC1CCCC1)N1C[C@@H]2CCC[C@]2(c2nc(-c3ccccc3)no2)C1. The predicted octanol–water partition coefficient (Wildman–Crippen LogP) is 4.59. The molecule has 3 fully saturated rings. The number of rotatable bonds is 5. The molecular formula is C23H29N3O2. The normalized spacial score (nSPS) is 27.4. The van der Waals surface area contributed by atoms with E-state index < -0.39 is 0 Å². The van der Waals surface area contributed by atoms with Crippen molar-refractivity contribution in [1.82, 2.24) is 15.0 Å². The Balaban J connectivity index is 1.31. The highest BCUT2D eigenvalue weighted by Crippen LogP contribution is 2.50. The first-order chi connectivity index (χ1) is 13.7. The maximum absolute atomic E-state index is 12.9. The first kappa shape index (κ1) is 17.9. The third kappa shape index (κ3) is 3.15. The molecule has 2 aromatic rings. The van der Waals surface area contributed by atoms with E-state index in [1.807, 2.05) is 30.3 Å². The van der Waals surface area contributed by atoms with Crippen molar-refractivity contribution in [3.63, 3.8) is 0 Å². The van der Waals surface area contributed by atoms with Crippen LogP contribution in [-0.2, 0) is 10.2 Å². The lowest BCUT2D eigenvalue weighted by Gasteiger charge is -2.24. The summed E-state index contributed by atoms with van der Waals surface area (Å²) in [5.41, 5.74) is 0.842. The summed E-state index contributed by atoms with van der Waals surface area (Å²) in [6.07, 6.45) is 10.4. The molecule has 2 heterocycles. The number of hydrogen-bond acceptors (Lipinski definition) is 4. The standard InChI is InChI=1S/C23H29N3O2/c27-20(13-12-17-7-4-5-8-17)26-15-19-11-6-14-23(19,16-26)22-24-21(25-28-22)18-9-2-1-3-10-18/h1-3,9-10,17,19H,4-8,11-16H2/t19-,23-/m0/s1. The number of likely N-dealkylation sites (tertiary alicyclic amines) is 1. The van der Waals surface area contributed by atoms with Crippen LogP contribution in [0, 0.1) is 11.8 Å². The van der Waals surface area contributed by atoms with E-state index in [0.29, 0.717) is 24.1 Å². The number of amides is 1. The van der Waals surface area contributed by atoms with Crippen LogP contribution in [0.3, 0.4) is 0 Å². The number of carbonyl (C=O) groups excluding carboxylic acids is 1. The highest BCUT2D eigenvalue weighted by Gasteiger charge is 2.55. The Morgan fingerprint density at radius 1 is 1.14 bits per heavy atom. The van der Waals surface area contributed by atoms with Crippen molar-refractivity contribution in [2.75, 3.05) is 13.1 Å². The molecule has 0 spiro atoms. The van der Waals surface area contributed by atoms with E-state index in [1.165, 1.54) is 32.1 Å². The van der Waals surface area contributed by atoms with Crippen LogP contribution in [0.2, 0.25) is 0 Å². The molecule has 5 rings (SSSR count). The first-order valence-corrected chi connectivity index (χ1v) is 10.9. The predicted molar refractivity (Wildman–Crippen MR) is 107 cm³/mol. The van der Waals surface area contributed by atoms with Crippen LogP contribution in [0.1, 0.15) is 63.7 Å². The second kappa shape index (κ2) is 7.34. The van der Waals surface area contributed by atoms with Gasteiger partial charge in [-0.2, -0.15) is 4.98 Å². The van der Waals surface area contributed by atoms with Gasteiger partial charge in [0.15, 0.2) is 0 Å². The van der Waals surface area contributed by atoms with Crippen molar-refractivity contribution in [2.45, 2.75) is 63.2 Å². The van der Waals surface area contributed by atoms with Gasteiger partial charge in [-0.25, -0.2) is 0 Å². The Bertz CT molecular complexity index is 827. The van der Waals surface area contributed by atoms with Gasteiger partial charge in [0.2, 0.25) is 17.6 Å². The Labute approximate surface area is 166 Å². The minimum absolute atomic E-state index is 0.136. The molecule has 5 heteroatoms. The van der Waals surface area contributed by atoms with E-state index >= 15 is 0 Å². The molecule has 3 aliphatic rings. The van der Waals surface area contributed by atoms with Crippen molar-refractivity contribution < 1.29 is 9.32 Å². The van der Waals surface area contributed by atoms with Crippen LogP contribution in [0.15, 0.2) is 34.9 Å². The zero-order valence-corrected chi connectivity index (χ0v) is 16.5. The van der Waals surface area contributed by atoms with Crippen LogP contribution in [0.5, 0.6) is 0 Å². The fourth-order valence-corrected chi connectivity index (χ4v) is 5.74. The van der Waals surface area contributed by atoms with Crippen LogP contribution in [0.25, 0.3) is 11.4 Å². The van der Waals surface area contributed by atoms with Crippen LogP contribution >= 0.6 is 0 Å². The summed E-state index contributed by atoms with van der Waals surface area (Å²) in [5.74, 6) is 2.93. The maximum Gasteiger partial charge on any atom is 0.235 e. The monoisotopic (exact) mass is 379 g/mol. The van der Waals surface area contributed by atoms with E-state index in [9.17, 15) is 4.79 Å². The van der Waals surface area contributed by atoms with Crippen molar-refractivity contribution in [3.8, 4) is 11.4 Å². The zero-order chi connectivity index (χ0) is 19.0. The Kier molecular flexibility index (Phi) is 4.69. The molecule has 1 amide bonds. The summed E-state index contributed by atoms with van der Waals surface area (Å²) in [6.45, 7) is 1.60. The number of aromatic nitrogens is 2. The number of hydrogen-bond donors (Lipinski definition) is 0. The number of fused-ring (bicyclic) bond motifs is 1. The summed E-state index contributed by atoms with van der Waals surface area (Å²) in [6, 6.07) is 9.98. The molecule has 5 nitrogen and oxygen atoms in total. The van der Waals surface area contributed by atoms with Gasteiger partial charge in [0.1, 0.15) is 0 Å². The second-order valence-electron chi connectivity index (χ2n) is 9.00. The highest BCUT2D eigenvalue weighted by atomic mass is 16.5.